The van der Waals surface area contributed by atoms with Crippen molar-refractivity contribution in [1.82, 2.24) is 24.5 Å². The second kappa shape index (κ2) is 15.4. The third-order valence-corrected chi connectivity index (χ3v) is 10.3. The number of benzene rings is 2. The highest BCUT2D eigenvalue weighted by Gasteiger charge is 2.34. The standard InChI is InChI=1S/C35H42N8O6S2/c1-3-5-20-40-30(42(22-12-24-50(44,45)46)34-32(40)36-26-14-7-9-16-28(26)38-34)18-11-19-31-41(21-6-4-2)33-35(43(31)23-13-25-51(47,48)49)39-29-17-10-8-15-27(29)37-33/h7-11,14-19H,3-6,12-13,20-25H2,1-2H3,(H-,44,45,46,47,48,49)/p+1. The number of hydrogen-bond acceptors (Lipinski definition) is 10. The highest BCUT2D eigenvalue weighted by atomic mass is 32.2. The first kappa shape index (κ1) is 36.3. The Morgan fingerprint density at radius 3 is 1.76 bits per heavy atom. The molecule has 16 heteroatoms. The molecular formula is C35H43N8O6S2+. The van der Waals surface area contributed by atoms with Crippen molar-refractivity contribution in [2.24, 2.45) is 0 Å². The van der Waals surface area contributed by atoms with Crippen LogP contribution in [0.5, 0.6) is 0 Å². The zero-order valence-corrected chi connectivity index (χ0v) is 30.4. The smallest absolute Gasteiger partial charge is 0.309 e. The summed E-state index contributed by atoms with van der Waals surface area (Å²) in [6, 6.07) is 15.2. The second-order valence-corrected chi connectivity index (χ2v) is 15.7. The number of anilines is 2. The minimum atomic E-state index is -4.17. The van der Waals surface area contributed by atoms with Crippen LogP contribution in [0, 0.1) is 0 Å². The van der Waals surface area contributed by atoms with E-state index in [-0.39, 0.29) is 25.9 Å². The molecule has 0 amide bonds. The number of aromatic nitrogens is 6. The van der Waals surface area contributed by atoms with Gasteiger partial charge in [0.1, 0.15) is 11.3 Å². The van der Waals surface area contributed by atoms with Gasteiger partial charge in [-0.15, -0.1) is 0 Å². The average molecular weight is 736 g/mol. The molecule has 270 valence electrons. The van der Waals surface area contributed by atoms with Crippen LogP contribution >= 0.6 is 0 Å². The van der Waals surface area contributed by atoms with Crippen LogP contribution in [-0.2, 0) is 33.3 Å². The summed E-state index contributed by atoms with van der Waals surface area (Å²) in [4.78, 5) is 23.9. The fraction of sp³-hybridized carbons (Fsp3) is 0.400. The number of allylic oxidation sites excluding steroid dienone is 2. The van der Waals surface area contributed by atoms with Gasteiger partial charge in [0.15, 0.2) is 17.2 Å². The number of hydrogen-bond donors (Lipinski definition) is 2. The van der Waals surface area contributed by atoms with Crippen molar-refractivity contribution in [2.75, 3.05) is 34.4 Å². The summed E-state index contributed by atoms with van der Waals surface area (Å²) in [5, 5.41) is 0. The number of fused-ring (bicyclic) bond motifs is 4. The summed E-state index contributed by atoms with van der Waals surface area (Å²) in [6.45, 7) is 6.06. The minimum Gasteiger partial charge on any atom is -0.309 e. The Kier molecular flexibility index (Phi) is 10.9. The van der Waals surface area contributed by atoms with Crippen molar-refractivity contribution in [3.05, 3.63) is 72.3 Å². The molecule has 0 saturated heterocycles. The third kappa shape index (κ3) is 8.35. The fourth-order valence-electron chi connectivity index (χ4n) is 6.32. The maximum absolute atomic E-state index is 11.7. The molecule has 6 rings (SSSR count). The van der Waals surface area contributed by atoms with Crippen molar-refractivity contribution in [2.45, 2.75) is 65.5 Å². The molecule has 2 N–H and O–H groups in total. The lowest BCUT2D eigenvalue weighted by atomic mass is 10.3. The van der Waals surface area contributed by atoms with Gasteiger partial charge in [0.2, 0.25) is 5.82 Å². The van der Waals surface area contributed by atoms with Crippen LogP contribution in [0.25, 0.3) is 39.4 Å². The Hall–Kier alpha value is -4.51. The normalized spacial score (nSPS) is 14.6. The van der Waals surface area contributed by atoms with Crippen LogP contribution in [0.1, 0.15) is 58.2 Å². The Morgan fingerprint density at radius 1 is 0.686 bits per heavy atom. The molecule has 0 atom stereocenters. The lowest BCUT2D eigenvalue weighted by Gasteiger charge is -2.24. The molecular weight excluding hydrogens is 693 g/mol. The highest BCUT2D eigenvalue weighted by Crippen LogP contribution is 2.40. The molecule has 2 aromatic carbocycles. The third-order valence-electron chi connectivity index (χ3n) is 8.73. The van der Waals surface area contributed by atoms with E-state index in [1.165, 1.54) is 0 Å². The van der Waals surface area contributed by atoms with Gasteiger partial charge in [0, 0.05) is 19.2 Å². The van der Waals surface area contributed by atoms with Crippen molar-refractivity contribution < 1.29 is 30.5 Å². The molecule has 0 aliphatic carbocycles. The monoisotopic (exact) mass is 735 g/mol. The first-order chi connectivity index (χ1) is 24.5. The summed E-state index contributed by atoms with van der Waals surface area (Å²) < 4.78 is 69.7. The second-order valence-electron chi connectivity index (χ2n) is 12.6. The lowest BCUT2D eigenvalue weighted by molar-refractivity contribution is -0.675. The molecule has 51 heavy (non-hydrogen) atoms. The fourth-order valence-corrected chi connectivity index (χ4v) is 7.30. The van der Waals surface area contributed by atoms with Gasteiger partial charge in [-0.2, -0.15) is 16.8 Å². The molecule has 0 radical (unpaired) electrons. The first-order valence-electron chi connectivity index (χ1n) is 17.3. The molecule has 0 saturated carbocycles. The predicted molar refractivity (Wildman–Crippen MR) is 198 cm³/mol. The summed E-state index contributed by atoms with van der Waals surface area (Å²) in [5.41, 5.74) is 4.18. The molecule has 0 bridgehead atoms. The zero-order valence-electron chi connectivity index (χ0n) is 28.8. The molecule has 5 aromatic rings. The van der Waals surface area contributed by atoms with Gasteiger partial charge >= 0.3 is 5.65 Å². The van der Waals surface area contributed by atoms with Crippen LogP contribution in [0.3, 0.4) is 0 Å². The maximum Gasteiger partial charge on any atom is 0.323 e. The molecule has 1 aliphatic rings. The number of imidazole rings is 1. The summed E-state index contributed by atoms with van der Waals surface area (Å²) in [7, 11) is -8.34. The number of aryl methyl sites for hydroxylation is 2. The van der Waals surface area contributed by atoms with E-state index in [4.69, 9.17) is 19.9 Å². The summed E-state index contributed by atoms with van der Waals surface area (Å²) in [6.07, 6.45) is 9.75. The minimum absolute atomic E-state index is 0.166. The summed E-state index contributed by atoms with van der Waals surface area (Å²) in [5.74, 6) is 2.01. The van der Waals surface area contributed by atoms with Crippen LogP contribution in [-0.4, -0.2) is 75.0 Å². The van der Waals surface area contributed by atoms with Crippen LogP contribution < -0.4 is 14.4 Å². The van der Waals surface area contributed by atoms with E-state index in [9.17, 15) is 25.9 Å². The molecule has 0 spiro atoms. The number of rotatable bonds is 16. The SMILES string of the molecule is CCCCN1C(=CC=Cc2n(CCCC)c3nc4ccccc4nc3[n+]2CCCS(=O)(=O)O)N(CCCS(=O)(=O)O)c2nc3ccccc3nc21. The highest BCUT2D eigenvalue weighted by molar-refractivity contribution is 7.86. The molecule has 14 nitrogen and oxygen atoms in total. The van der Waals surface area contributed by atoms with Gasteiger partial charge in [-0.05, 0) is 56.0 Å². The van der Waals surface area contributed by atoms with E-state index in [1.54, 1.807) is 0 Å². The average Bonchev–Trinajstić information content (AvgIpc) is 3.52. The van der Waals surface area contributed by atoms with Crippen molar-refractivity contribution in [3.8, 4) is 0 Å². The number of nitrogens with zero attached hydrogens (tertiary/aromatic N) is 8. The van der Waals surface area contributed by atoms with Gasteiger partial charge in [0.25, 0.3) is 25.9 Å². The first-order valence-corrected chi connectivity index (χ1v) is 20.5. The number of unbranched alkanes of at least 4 members (excludes halogenated alkanes) is 2. The largest absolute Gasteiger partial charge is 0.323 e. The van der Waals surface area contributed by atoms with Gasteiger partial charge in [-0.25, -0.2) is 24.1 Å². The Balaban J connectivity index is 1.48. The van der Waals surface area contributed by atoms with Crippen molar-refractivity contribution in [3.63, 3.8) is 0 Å². The van der Waals surface area contributed by atoms with Gasteiger partial charge < -0.3 is 9.80 Å². The van der Waals surface area contributed by atoms with E-state index in [0.29, 0.717) is 47.1 Å². The quantitative estimate of drug-likeness (QED) is 0.101. The van der Waals surface area contributed by atoms with E-state index in [0.717, 1.165) is 48.4 Å². The van der Waals surface area contributed by atoms with Gasteiger partial charge in [-0.3, -0.25) is 9.11 Å². The molecule has 0 fully saturated rings. The maximum atomic E-state index is 11.7. The Morgan fingerprint density at radius 2 is 1.20 bits per heavy atom. The Labute approximate surface area is 297 Å². The summed E-state index contributed by atoms with van der Waals surface area (Å²) >= 11 is 0. The lowest BCUT2D eigenvalue weighted by Crippen LogP contribution is -2.38. The van der Waals surface area contributed by atoms with Gasteiger partial charge in [-0.1, -0.05) is 62.0 Å². The van der Waals surface area contributed by atoms with Crippen LogP contribution in [0.15, 0.2) is 66.5 Å². The van der Waals surface area contributed by atoms with Crippen LogP contribution in [0.4, 0.5) is 11.6 Å². The Bertz CT molecular complexity index is 2340. The van der Waals surface area contributed by atoms with Crippen molar-refractivity contribution >= 4 is 71.3 Å². The molecule has 3 aromatic heterocycles. The molecule has 4 heterocycles. The number of para-hydroxylation sites is 4. The van der Waals surface area contributed by atoms with Crippen LogP contribution in [0.2, 0.25) is 0 Å². The van der Waals surface area contributed by atoms with Gasteiger partial charge in [0.05, 0.1) is 35.6 Å². The molecule has 1 aliphatic heterocycles. The molecule has 0 unspecified atom stereocenters. The predicted octanol–water partition coefficient (Wildman–Crippen LogP) is 5.15. The van der Waals surface area contributed by atoms with E-state index in [2.05, 4.69) is 23.3 Å². The van der Waals surface area contributed by atoms with E-state index < -0.39 is 31.7 Å². The van der Waals surface area contributed by atoms with E-state index in [1.807, 2.05) is 76.2 Å². The topological polar surface area (TPSA) is 176 Å². The zero-order chi connectivity index (χ0) is 36.2. The van der Waals surface area contributed by atoms with E-state index >= 15 is 0 Å². The van der Waals surface area contributed by atoms with Crippen molar-refractivity contribution in [1.29, 1.82) is 0 Å².